The Bertz CT molecular complexity index is 1380. The zero-order valence-electron chi connectivity index (χ0n) is 19.1. The van der Waals surface area contributed by atoms with Crippen molar-refractivity contribution in [3.8, 4) is 5.69 Å². The van der Waals surface area contributed by atoms with Gasteiger partial charge in [0.15, 0.2) is 5.11 Å². The lowest BCUT2D eigenvalue weighted by atomic mass is 9.96. The highest BCUT2D eigenvalue weighted by Gasteiger charge is 2.42. The summed E-state index contributed by atoms with van der Waals surface area (Å²) in [5.41, 5.74) is 5.47. The van der Waals surface area contributed by atoms with Gasteiger partial charge in [0.2, 0.25) is 0 Å². The van der Waals surface area contributed by atoms with Crippen LogP contribution in [0.4, 0.5) is 14.5 Å². The van der Waals surface area contributed by atoms with Crippen LogP contribution in [0.2, 0.25) is 0 Å². The van der Waals surface area contributed by atoms with Gasteiger partial charge >= 0.3 is 0 Å². The Hall–Kier alpha value is -3.58. The van der Waals surface area contributed by atoms with Crippen LogP contribution in [0.3, 0.4) is 0 Å². The quantitative estimate of drug-likeness (QED) is 0.354. The molecule has 0 spiro atoms. The number of nitrogens with one attached hydrogen (secondary N) is 1. The van der Waals surface area contributed by atoms with Gasteiger partial charge in [-0.2, -0.15) is 0 Å². The van der Waals surface area contributed by atoms with E-state index in [2.05, 4.69) is 16.4 Å². The van der Waals surface area contributed by atoms with E-state index in [1.807, 2.05) is 47.6 Å². The second kappa shape index (κ2) is 8.65. The minimum atomic E-state index is -0.289. The minimum Gasteiger partial charge on any atom is -0.351 e. The maximum Gasteiger partial charge on any atom is 0.174 e. The van der Waals surface area contributed by atoms with Crippen molar-refractivity contribution in [3.05, 3.63) is 113 Å². The number of aromatic nitrogens is 2. The zero-order chi connectivity index (χ0) is 24.0. The number of benzene rings is 2. The molecule has 3 heterocycles. The number of halogens is 2. The molecule has 1 aliphatic heterocycles. The van der Waals surface area contributed by atoms with Crippen LogP contribution < -0.4 is 10.2 Å². The first kappa shape index (κ1) is 22.2. The molecule has 1 saturated heterocycles. The number of pyridine rings is 1. The number of thiocarbonyl (C=S) groups is 1. The van der Waals surface area contributed by atoms with Crippen molar-refractivity contribution < 1.29 is 8.78 Å². The van der Waals surface area contributed by atoms with E-state index < -0.39 is 0 Å². The molecular formula is C27H24F2N4S. The van der Waals surface area contributed by atoms with Gasteiger partial charge in [-0.3, -0.25) is 4.98 Å². The molecule has 2 unspecified atom stereocenters. The second-order valence-electron chi connectivity index (χ2n) is 8.54. The highest BCUT2D eigenvalue weighted by molar-refractivity contribution is 7.80. The molecule has 2 atom stereocenters. The van der Waals surface area contributed by atoms with Crippen molar-refractivity contribution in [2.24, 2.45) is 0 Å². The third-order valence-corrected chi connectivity index (χ3v) is 6.71. The Morgan fingerprint density at radius 1 is 0.912 bits per heavy atom. The number of rotatable bonds is 4. The topological polar surface area (TPSA) is 33.1 Å². The Morgan fingerprint density at radius 2 is 1.68 bits per heavy atom. The Kier molecular flexibility index (Phi) is 5.65. The van der Waals surface area contributed by atoms with Gasteiger partial charge in [-0.25, -0.2) is 8.78 Å². The summed E-state index contributed by atoms with van der Waals surface area (Å²) in [6.45, 7) is 5.69. The SMILES string of the molecule is Cc1cc(N2C(=S)NC(c3ccccn3)C2c2cc(C)n(-c3ccccc3F)c2C)ccc1F. The van der Waals surface area contributed by atoms with Crippen molar-refractivity contribution in [2.45, 2.75) is 32.9 Å². The Labute approximate surface area is 202 Å². The maximum atomic E-state index is 14.7. The molecule has 7 heteroatoms. The minimum absolute atomic E-state index is 0.242. The van der Waals surface area contributed by atoms with Gasteiger partial charge in [0.1, 0.15) is 11.6 Å². The van der Waals surface area contributed by atoms with Crippen LogP contribution in [0.5, 0.6) is 0 Å². The van der Waals surface area contributed by atoms with Crippen LogP contribution in [0.15, 0.2) is 72.9 Å². The van der Waals surface area contributed by atoms with Crippen molar-refractivity contribution in [2.75, 3.05) is 4.90 Å². The zero-order valence-corrected chi connectivity index (χ0v) is 19.9. The average molecular weight is 475 g/mol. The summed E-state index contributed by atoms with van der Waals surface area (Å²) >= 11 is 5.78. The van der Waals surface area contributed by atoms with Gasteiger partial charge < -0.3 is 14.8 Å². The summed E-state index contributed by atoms with van der Waals surface area (Å²) in [5, 5.41) is 3.96. The van der Waals surface area contributed by atoms with Crippen LogP contribution in [0, 0.1) is 32.4 Å². The predicted octanol–water partition coefficient (Wildman–Crippen LogP) is 6.25. The van der Waals surface area contributed by atoms with Gasteiger partial charge in [0.05, 0.1) is 23.5 Å². The van der Waals surface area contributed by atoms with Crippen molar-refractivity contribution in [1.29, 1.82) is 0 Å². The van der Waals surface area contributed by atoms with E-state index >= 15 is 0 Å². The smallest absolute Gasteiger partial charge is 0.174 e. The van der Waals surface area contributed by atoms with Crippen LogP contribution in [-0.4, -0.2) is 14.7 Å². The number of hydrogen-bond donors (Lipinski definition) is 1. The molecule has 4 nitrogen and oxygen atoms in total. The Balaban J connectivity index is 1.70. The lowest BCUT2D eigenvalue weighted by Crippen LogP contribution is -2.29. The van der Waals surface area contributed by atoms with E-state index in [0.717, 1.165) is 28.3 Å². The molecule has 5 rings (SSSR count). The number of hydrogen-bond acceptors (Lipinski definition) is 2. The summed E-state index contributed by atoms with van der Waals surface area (Å²) in [6.07, 6.45) is 1.75. The molecular weight excluding hydrogens is 450 g/mol. The Morgan fingerprint density at radius 3 is 2.38 bits per heavy atom. The molecule has 1 fully saturated rings. The lowest BCUT2D eigenvalue weighted by molar-refractivity contribution is 0.564. The second-order valence-corrected chi connectivity index (χ2v) is 8.93. The molecule has 0 bridgehead atoms. The third kappa shape index (κ3) is 3.66. The average Bonchev–Trinajstić information content (AvgIpc) is 3.32. The molecule has 172 valence electrons. The van der Waals surface area contributed by atoms with E-state index in [-0.39, 0.29) is 23.7 Å². The molecule has 4 aromatic rings. The van der Waals surface area contributed by atoms with Gasteiger partial charge in [-0.05, 0) is 92.6 Å². The number of anilines is 1. The fourth-order valence-electron chi connectivity index (χ4n) is 4.82. The maximum absolute atomic E-state index is 14.7. The molecule has 2 aromatic carbocycles. The highest BCUT2D eigenvalue weighted by atomic mass is 32.1. The van der Waals surface area contributed by atoms with E-state index in [0.29, 0.717) is 16.4 Å². The molecule has 0 amide bonds. The summed E-state index contributed by atoms with van der Waals surface area (Å²) in [7, 11) is 0. The van der Waals surface area contributed by atoms with Crippen molar-refractivity contribution in [3.63, 3.8) is 0 Å². The van der Waals surface area contributed by atoms with E-state index in [1.54, 1.807) is 37.4 Å². The van der Waals surface area contributed by atoms with Gasteiger partial charge in [-0.1, -0.05) is 18.2 Å². The first-order chi connectivity index (χ1) is 16.4. The normalized spacial score (nSPS) is 17.8. The standard InChI is InChI=1S/C27H24F2N4S/c1-16-14-19(11-12-21(16)28)33-26(25(31-27(33)34)23-9-6-7-13-30-23)20-15-17(2)32(18(20)3)24-10-5-4-8-22(24)29/h4-15,25-26H,1-3H3,(H,31,34). The fourth-order valence-corrected chi connectivity index (χ4v) is 5.16. The van der Waals surface area contributed by atoms with Gasteiger partial charge in [0.25, 0.3) is 0 Å². The van der Waals surface area contributed by atoms with Crippen LogP contribution in [0.25, 0.3) is 5.69 Å². The fraction of sp³-hybridized carbons (Fsp3) is 0.185. The van der Waals surface area contributed by atoms with E-state index in [1.165, 1.54) is 12.1 Å². The van der Waals surface area contributed by atoms with Gasteiger partial charge in [-0.15, -0.1) is 0 Å². The molecule has 1 N–H and O–H groups in total. The van der Waals surface area contributed by atoms with Crippen molar-refractivity contribution >= 4 is 23.0 Å². The summed E-state index contributed by atoms with van der Waals surface area (Å²) in [6, 6.07) is 19.1. The largest absolute Gasteiger partial charge is 0.351 e. The van der Waals surface area contributed by atoms with Crippen molar-refractivity contribution in [1.82, 2.24) is 14.9 Å². The summed E-state index contributed by atoms with van der Waals surface area (Å²) in [4.78, 5) is 6.59. The molecule has 2 aromatic heterocycles. The lowest BCUT2D eigenvalue weighted by Gasteiger charge is -2.28. The molecule has 0 radical (unpaired) electrons. The monoisotopic (exact) mass is 474 g/mol. The summed E-state index contributed by atoms with van der Waals surface area (Å²) in [5.74, 6) is -0.555. The number of para-hydroxylation sites is 1. The first-order valence-electron chi connectivity index (χ1n) is 11.1. The highest BCUT2D eigenvalue weighted by Crippen LogP contribution is 2.44. The molecule has 1 aliphatic rings. The third-order valence-electron chi connectivity index (χ3n) is 6.40. The van der Waals surface area contributed by atoms with E-state index in [9.17, 15) is 8.78 Å². The first-order valence-corrected chi connectivity index (χ1v) is 11.5. The van der Waals surface area contributed by atoms with Crippen LogP contribution >= 0.6 is 12.2 Å². The van der Waals surface area contributed by atoms with E-state index in [4.69, 9.17) is 12.2 Å². The van der Waals surface area contributed by atoms with Gasteiger partial charge in [0, 0.05) is 23.3 Å². The van der Waals surface area contributed by atoms with Crippen LogP contribution in [-0.2, 0) is 0 Å². The predicted molar refractivity (Wildman–Crippen MR) is 134 cm³/mol. The van der Waals surface area contributed by atoms with Crippen LogP contribution in [0.1, 0.15) is 40.3 Å². The molecule has 0 saturated carbocycles. The number of aryl methyl sites for hydroxylation is 2. The summed E-state index contributed by atoms with van der Waals surface area (Å²) < 4.78 is 30.7. The molecule has 0 aliphatic carbocycles. The number of nitrogens with zero attached hydrogens (tertiary/aromatic N) is 3. The molecule has 34 heavy (non-hydrogen) atoms.